The predicted molar refractivity (Wildman–Crippen MR) is 126 cm³/mol. The Balaban J connectivity index is 0.00000245. The highest BCUT2D eigenvalue weighted by atomic mass is 35.5. The summed E-state index contributed by atoms with van der Waals surface area (Å²) < 4.78 is 7.38. The number of aryl methyl sites for hydroxylation is 2. The summed E-state index contributed by atoms with van der Waals surface area (Å²) in [5.74, 6) is 0.565. The zero-order valence-electron chi connectivity index (χ0n) is 18.2. The average Bonchev–Trinajstić information content (AvgIpc) is 3.40. The number of nitrogens with one attached hydrogen (secondary N) is 1. The van der Waals surface area contributed by atoms with Gasteiger partial charge in [-0.3, -0.25) is 14.5 Å². The summed E-state index contributed by atoms with van der Waals surface area (Å²) in [5.41, 5.74) is 4.87. The van der Waals surface area contributed by atoms with Crippen LogP contribution in [0.1, 0.15) is 59.8 Å². The van der Waals surface area contributed by atoms with Crippen molar-refractivity contribution < 1.29 is 9.21 Å². The van der Waals surface area contributed by atoms with E-state index in [0.717, 1.165) is 46.3 Å². The van der Waals surface area contributed by atoms with Crippen LogP contribution in [0.5, 0.6) is 0 Å². The van der Waals surface area contributed by atoms with Gasteiger partial charge in [-0.2, -0.15) is 5.10 Å². The summed E-state index contributed by atoms with van der Waals surface area (Å²) in [4.78, 5) is 21.6. The first-order valence-electron chi connectivity index (χ1n) is 10.7. The third kappa shape index (κ3) is 4.39. The highest BCUT2D eigenvalue weighted by Gasteiger charge is 2.22. The molecule has 166 valence electrons. The summed E-state index contributed by atoms with van der Waals surface area (Å²) in [6.45, 7) is 1.90. The van der Waals surface area contributed by atoms with Crippen LogP contribution < -0.4 is 5.32 Å². The van der Waals surface area contributed by atoms with Gasteiger partial charge in [-0.25, -0.2) is 4.98 Å². The molecule has 3 heterocycles. The largest absolute Gasteiger partial charge is 0.444 e. The van der Waals surface area contributed by atoms with Gasteiger partial charge in [0.15, 0.2) is 5.69 Å². The number of amides is 1. The number of halogens is 1. The van der Waals surface area contributed by atoms with Crippen LogP contribution >= 0.6 is 12.4 Å². The van der Waals surface area contributed by atoms with Gasteiger partial charge >= 0.3 is 0 Å². The number of benzene rings is 1. The van der Waals surface area contributed by atoms with Crippen LogP contribution in [-0.4, -0.2) is 25.7 Å². The summed E-state index contributed by atoms with van der Waals surface area (Å²) in [6.07, 6.45) is 11.1. The lowest BCUT2D eigenvalue weighted by Gasteiger charge is -2.24. The number of hydrogen-bond donors (Lipinski definition) is 1. The third-order valence-electron chi connectivity index (χ3n) is 5.96. The molecule has 1 N–H and O–H groups in total. The molecule has 0 unspecified atom stereocenters. The molecular weight excluding hydrogens is 426 g/mol. The maximum atomic E-state index is 13.0. The highest BCUT2D eigenvalue weighted by Crippen LogP contribution is 2.38. The topological polar surface area (TPSA) is 85.8 Å². The van der Waals surface area contributed by atoms with Crippen molar-refractivity contribution >= 4 is 34.9 Å². The van der Waals surface area contributed by atoms with Gasteiger partial charge in [0, 0.05) is 41.8 Å². The van der Waals surface area contributed by atoms with E-state index in [2.05, 4.69) is 26.4 Å². The number of oxazole rings is 1. The minimum absolute atomic E-state index is 0. The molecule has 1 saturated carbocycles. The molecule has 32 heavy (non-hydrogen) atoms. The minimum atomic E-state index is -0.277. The second-order valence-corrected chi connectivity index (χ2v) is 8.31. The zero-order chi connectivity index (χ0) is 21.4. The van der Waals surface area contributed by atoms with E-state index in [-0.39, 0.29) is 24.0 Å². The maximum Gasteiger partial charge on any atom is 0.277 e. The summed E-state index contributed by atoms with van der Waals surface area (Å²) in [7, 11) is 1.91. The number of carbonyl (C=O) groups excluding carboxylic acids is 1. The van der Waals surface area contributed by atoms with Gasteiger partial charge in [0.1, 0.15) is 6.26 Å². The Labute approximate surface area is 192 Å². The van der Waals surface area contributed by atoms with E-state index in [1.54, 1.807) is 6.20 Å². The van der Waals surface area contributed by atoms with Crippen molar-refractivity contribution in [2.24, 2.45) is 7.05 Å². The first kappa shape index (κ1) is 22.0. The van der Waals surface area contributed by atoms with E-state index in [0.29, 0.717) is 11.8 Å². The van der Waals surface area contributed by atoms with Crippen molar-refractivity contribution in [2.75, 3.05) is 5.32 Å². The Morgan fingerprint density at radius 2 is 2.00 bits per heavy atom. The molecule has 3 aromatic heterocycles. The molecule has 8 heteroatoms. The summed E-state index contributed by atoms with van der Waals surface area (Å²) >= 11 is 0. The van der Waals surface area contributed by atoms with Gasteiger partial charge < -0.3 is 9.73 Å². The van der Waals surface area contributed by atoms with Gasteiger partial charge in [0.25, 0.3) is 5.91 Å². The van der Waals surface area contributed by atoms with Crippen molar-refractivity contribution in [2.45, 2.75) is 44.9 Å². The van der Waals surface area contributed by atoms with Gasteiger partial charge in [0.2, 0.25) is 5.89 Å². The Kier molecular flexibility index (Phi) is 6.28. The van der Waals surface area contributed by atoms with Crippen LogP contribution in [0.2, 0.25) is 0 Å². The summed E-state index contributed by atoms with van der Waals surface area (Å²) in [5, 5.41) is 8.66. The van der Waals surface area contributed by atoms with Gasteiger partial charge in [0.05, 0.1) is 5.52 Å². The van der Waals surface area contributed by atoms with E-state index >= 15 is 0 Å². The predicted octanol–water partition coefficient (Wildman–Crippen LogP) is 5.65. The smallest absolute Gasteiger partial charge is 0.277 e. The Bertz CT molecular complexity index is 1260. The third-order valence-corrected chi connectivity index (χ3v) is 5.96. The number of anilines is 1. The number of rotatable bonds is 4. The van der Waals surface area contributed by atoms with Gasteiger partial charge in [-0.05, 0) is 55.5 Å². The molecule has 0 bridgehead atoms. The maximum absolute atomic E-state index is 13.0. The molecule has 1 aliphatic rings. The monoisotopic (exact) mass is 451 g/mol. The lowest BCUT2D eigenvalue weighted by Crippen LogP contribution is -2.15. The molecular formula is C24H26ClN5O2. The van der Waals surface area contributed by atoms with E-state index in [9.17, 15) is 4.79 Å². The number of nitrogens with zero attached hydrogens (tertiary/aromatic N) is 4. The van der Waals surface area contributed by atoms with Crippen LogP contribution in [0, 0.1) is 6.92 Å². The molecule has 1 aromatic carbocycles. The molecule has 4 aromatic rings. The van der Waals surface area contributed by atoms with Crippen molar-refractivity contribution in [3.8, 4) is 11.5 Å². The van der Waals surface area contributed by atoms with Crippen molar-refractivity contribution in [3.63, 3.8) is 0 Å². The van der Waals surface area contributed by atoms with Crippen LogP contribution in [0.25, 0.3) is 22.4 Å². The lowest BCUT2D eigenvalue weighted by atomic mass is 9.83. The number of hydrogen-bond acceptors (Lipinski definition) is 5. The molecule has 0 spiro atoms. The molecule has 0 saturated heterocycles. The van der Waals surface area contributed by atoms with Crippen LogP contribution in [0.4, 0.5) is 5.69 Å². The van der Waals surface area contributed by atoms with E-state index in [1.807, 2.05) is 43.0 Å². The second kappa shape index (κ2) is 9.12. The van der Waals surface area contributed by atoms with Gasteiger partial charge in [-0.1, -0.05) is 19.3 Å². The highest BCUT2D eigenvalue weighted by molar-refractivity contribution is 6.04. The SMILES string of the molecule is Cc1cc(-c2nc(C(=O)Nc3cc4cn(C)nc4cc3C3CCCCC3)co2)ccn1.Cl. The summed E-state index contributed by atoms with van der Waals surface area (Å²) in [6, 6.07) is 7.86. The van der Waals surface area contributed by atoms with Crippen molar-refractivity contribution in [1.29, 1.82) is 0 Å². The number of fused-ring (bicyclic) bond motifs is 1. The minimum Gasteiger partial charge on any atom is -0.444 e. The Morgan fingerprint density at radius 1 is 1.19 bits per heavy atom. The van der Waals surface area contributed by atoms with E-state index < -0.39 is 0 Å². The fourth-order valence-corrected chi connectivity index (χ4v) is 4.45. The van der Waals surface area contributed by atoms with Crippen molar-refractivity contribution in [3.05, 3.63) is 59.9 Å². The fourth-order valence-electron chi connectivity index (χ4n) is 4.45. The Hall–Kier alpha value is -3.19. The quantitative estimate of drug-likeness (QED) is 0.433. The molecule has 0 aliphatic heterocycles. The van der Waals surface area contributed by atoms with Crippen LogP contribution in [0.3, 0.4) is 0 Å². The normalized spacial score (nSPS) is 14.3. The zero-order valence-corrected chi connectivity index (χ0v) is 19.0. The number of pyridine rings is 1. The molecule has 1 aliphatic carbocycles. The lowest BCUT2D eigenvalue weighted by molar-refractivity contribution is 0.102. The second-order valence-electron chi connectivity index (χ2n) is 8.31. The van der Waals surface area contributed by atoms with Crippen LogP contribution in [0.15, 0.2) is 47.3 Å². The molecule has 7 nitrogen and oxygen atoms in total. The fraction of sp³-hybridized carbons (Fsp3) is 0.333. The Morgan fingerprint density at radius 3 is 2.78 bits per heavy atom. The van der Waals surface area contributed by atoms with E-state index in [1.165, 1.54) is 25.5 Å². The number of carbonyl (C=O) groups is 1. The average molecular weight is 452 g/mol. The first-order valence-corrected chi connectivity index (χ1v) is 10.7. The molecule has 5 rings (SSSR count). The molecule has 0 radical (unpaired) electrons. The standard InChI is InChI=1S/C24H25N5O2.ClH/c1-15-10-17(8-9-25-15)24-27-22(14-31-24)23(30)26-21-11-18-13-29(2)28-20(18)12-19(21)16-6-4-3-5-7-16;/h8-14,16H,3-7H2,1-2H3,(H,26,30);1H. The molecule has 0 atom stereocenters. The molecule has 1 fully saturated rings. The van der Waals surface area contributed by atoms with Crippen LogP contribution in [-0.2, 0) is 7.05 Å². The first-order chi connectivity index (χ1) is 15.1. The van der Waals surface area contributed by atoms with Crippen molar-refractivity contribution in [1.82, 2.24) is 19.7 Å². The molecule has 1 amide bonds. The number of aromatic nitrogens is 4. The van der Waals surface area contributed by atoms with Gasteiger partial charge in [-0.15, -0.1) is 12.4 Å². The van der Waals surface area contributed by atoms with E-state index in [4.69, 9.17) is 4.42 Å².